The van der Waals surface area contributed by atoms with E-state index in [1.165, 1.54) is 0 Å². The van der Waals surface area contributed by atoms with Crippen LogP contribution >= 0.6 is 0 Å². The van der Waals surface area contributed by atoms with E-state index < -0.39 is 0 Å². The van der Waals surface area contributed by atoms with Gasteiger partial charge in [-0.2, -0.15) is 5.10 Å². The summed E-state index contributed by atoms with van der Waals surface area (Å²) in [5, 5.41) is 21.3. The number of aromatic nitrogens is 2. The zero-order valence-corrected chi connectivity index (χ0v) is 11.1. The number of H-pyrrole nitrogens is 1. The molecule has 0 saturated carbocycles. The number of fused-ring (bicyclic) bond motifs is 2. The third-order valence-electron chi connectivity index (χ3n) is 3.50. The molecule has 1 aromatic heterocycles. The van der Waals surface area contributed by atoms with Gasteiger partial charge in [-0.1, -0.05) is 0 Å². The number of rotatable bonds is 3. The van der Waals surface area contributed by atoms with E-state index in [9.17, 15) is 5.11 Å². The summed E-state index contributed by atoms with van der Waals surface area (Å²) in [5.74, 6) is 1.43. The van der Waals surface area contributed by atoms with Crippen LogP contribution in [0.1, 0.15) is 5.56 Å². The first kappa shape index (κ1) is 11.9. The minimum atomic E-state index is 0.189. The Kier molecular flexibility index (Phi) is 2.60. The van der Waals surface area contributed by atoms with Gasteiger partial charge in [0.1, 0.15) is 5.75 Å². The van der Waals surface area contributed by atoms with Crippen LogP contribution in [-0.4, -0.2) is 22.1 Å². The molecule has 6 heteroatoms. The number of ether oxygens (including phenoxy) is 2. The lowest BCUT2D eigenvalue weighted by Crippen LogP contribution is -1.99. The van der Waals surface area contributed by atoms with E-state index in [0.29, 0.717) is 18.0 Å². The van der Waals surface area contributed by atoms with E-state index in [1.54, 1.807) is 18.3 Å². The van der Waals surface area contributed by atoms with Crippen molar-refractivity contribution >= 4 is 16.6 Å². The molecule has 4 rings (SSSR count). The predicted octanol–water partition coefficient (Wildman–Crippen LogP) is 2.61. The van der Waals surface area contributed by atoms with Crippen LogP contribution in [0.3, 0.4) is 0 Å². The molecule has 2 aromatic carbocycles. The molecule has 3 aromatic rings. The summed E-state index contributed by atoms with van der Waals surface area (Å²) in [5.41, 5.74) is 2.67. The number of nitrogens with zero attached hydrogens (tertiary/aromatic N) is 1. The second kappa shape index (κ2) is 4.59. The average Bonchev–Trinajstić information content (AvgIpc) is 3.12. The maximum Gasteiger partial charge on any atom is 0.231 e. The molecule has 2 heterocycles. The second-order valence-corrected chi connectivity index (χ2v) is 4.86. The lowest BCUT2D eigenvalue weighted by atomic mass is 10.1. The van der Waals surface area contributed by atoms with Crippen molar-refractivity contribution in [3.8, 4) is 17.2 Å². The number of phenols is 1. The Morgan fingerprint density at radius 3 is 2.95 bits per heavy atom. The number of aromatic hydroxyl groups is 1. The molecule has 0 unspecified atom stereocenters. The summed E-state index contributed by atoms with van der Waals surface area (Å²) in [6, 6.07) is 9.31. The van der Waals surface area contributed by atoms with Gasteiger partial charge in [-0.25, -0.2) is 0 Å². The van der Waals surface area contributed by atoms with Crippen molar-refractivity contribution in [1.29, 1.82) is 0 Å². The van der Waals surface area contributed by atoms with Crippen molar-refractivity contribution in [1.82, 2.24) is 10.2 Å². The van der Waals surface area contributed by atoms with Crippen LogP contribution in [0.4, 0.5) is 5.69 Å². The van der Waals surface area contributed by atoms with Gasteiger partial charge < -0.3 is 19.9 Å². The molecule has 0 bridgehead atoms. The van der Waals surface area contributed by atoms with E-state index in [2.05, 4.69) is 15.5 Å². The van der Waals surface area contributed by atoms with E-state index >= 15 is 0 Å². The Labute approximate surface area is 120 Å². The minimum absolute atomic E-state index is 0.189. The number of phenolic OH excluding ortho intramolecular Hbond substituents is 1. The standard InChI is InChI=1S/C15H13N3O3/c19-13-5-15-14(20-8-21-15)3-10(13)6-16-11-2-1-9-7-17-18-12(9)4-11/h1-5,7,16,19H,6,8H2,(H,17,18). The number of nitrogens with one attached hydrogen (secondary N) is 2. The van der Waals surface area contributed by atoms with Gasteiger partial charge in [0, 0.05) is 29.2 Å². The number of hydrogen-bond acceptors (Lipinski definition) is 5. The van der Waals surface area contributed by atoms with Crippen LogP contribution in [-0.2, 0) is 6.54 Å². The molecule has 0 radical (unpaired) electrons. The van der Waals surface area contributed by atoms with Gasteiger partial charge in [0.2, 0.25) is 6.79 Å². The van der Waals surface area contributed by atoms with Crippen molar-refractivity contribution in [3.05, 3.63) is 42.1 Å². The van der Waals surface area contributed by atoms with Crippen molar-refractivity contribution < 1.29 is 14.6 Å². The SMILES string of the molecule is Oc1cc2c(cc1CNc1ccc3cn[nH]c3c1)OCO2. The molecule has 0 amide bonds. The van der Waals surface area contributed by atoms with Gasteiger partial charge in [-0.05, 0) is 24.3 Å². The summed E-state index contributed by atoms with van der Waals surface area (Å²) in [6.07, 6.45) is 1.78. The van der Waals surface area contributed by atoms with Crippen LogP contribution in [0.5, 0.6) is 17.2 Å². The molecule has 1 aliphatic heterocycles. The van der Waals surface area contributed by atoms with Gasteiger partial charge in [-0.15, -0.1) is 0 Å². The zero-order chi connectivity index (χ0) is 14.2. The Morgan fingerprint density at radius 2 is 2.05 bits per heavy atom. The molecule has 6 nitrogen and oxygen atoms in total. The number of anilines is 1. The Morgan fingerprint density at radius 1 is 1.19 bits per heavy atom. The zero-order valence-electron chi connectivity index (χ0n) is 11.1. The number of benzene rings is 2. The Bertz CT molecular complexity index is 813. The molecule has 21 heavy (non-hydrogen) atoms. The molecule has 1 aliphatic rings. The van der Waals surface area contributed by atoms with Crippen LogP contribution in [0.2, 0.25) is 0 Å². The summed E-state index contributed by atoms with van der Waals surface area (Å²) < 4.78 is 10.5. The fraction of sp³-hybridized carbons (Fsp3) is 0.133. The summed E-state index contributed by atoms with van der Waals surface area (Å²) >= 11 is 0. The number of aromatic amines is 1. The third-order valence-corrected chi connectivity index (χ3v) is 3.50. The number of hydrogen-bond donors (Lipinski definition) is 3. The van der Waals surface area contributed by atoms with Gasteiger partial charge in [0.25, 0.3) is 0 Å². The van der Waals surface area contributed by atoms with Crippen molar-refractivity contribution in [2.45, 2.75) is 6.54 Å². The smallest absolute Gasteiger partial charge is 0.231 e. The van der Waals surface area contributed by atoms with Gasteiger partial charge in [-0.3, -0.25) is 5.10 Å². The monoisotopic (exact) mass is 283 g/mol. The van der Waals surface area contributed by atoms with Crippen LogP contribution in [0.25, 0.3) is 10.9 Å². The first-order valence-electron chi connectivity index (χ1n) is 6.58. The van der Waals surface area contributed by atoms with E-state index in [1.807, 2.05) is 18.2 Å². The normalized spacial score (nSPS) is 12.8. The van der Waals surface area contributed by atoms with Crippen LogP contribution < -0.4 is 14.8 Å². The minimum Gasteiger partial charge on any atom is -0.507 e. The van der Waals surface area contributed by atoms with E-state index in [-0.39, 0.29) is 12.5 Å². The first-order chi connectivity index (χ1) is 10.3. The fourth-order valence-electron chi connectivity index (χ4n) is 2.36. The van der Waals surface area contributed by atoms with Gasteiger partial charge in [0.05, 0.1) is 11.7 Å². The van der Waals surface area contributed by atoms with E-state index in [4.69, 9.17) is 9.47 Å². The molecule has 0 spiro atoms. The van der Waals surface area contributed by atoms with Crippen molar-refractivity contribution in [3.63, 3.8) is 0 Å². The predicted molar refractivity (Wildman–Crippen MR) is 77.7 cm³/mol. The maximum absolute atomic E-state index is 10.00. The Balaban J connectivity index is 1.56. The second-order valence-electron chi connectivity index (χ2n) is 4.86. The Hall–Kier alpha value is -2.89. The molecule has 0 saturated heterocycles. The van der Waals surface area contributed by atoms with E-state index in [0.717, 1.165) is 22.2 Å². The molecular formula is C15H13N3O3. The first-order valence-corrected chi connectivity index (χ1v) is 6.58. The van der Waals surface area contributed by atoms with Crippen molar-refractivity contribution in [2.24, 2.45) is 0 Å². The molecule has 0 atom stereocenters. The highest BCUT2D eigenvalue weighted by molar-refractivity contribution is 5.81. The maximum atomic E-state index is 10.00. The van der Waals surface area contributed by atoms with Crippen LogP contribution in [0, 0.1) is 0 Å². The molecule has 3 N–H and O–H groups in total. The highest BCUT2D eigenvalue weighted by atomic mass is 16.7. The van der Waals surface area contributed by atoms with Crippen LogP contribution in [0.15, 0.2) is 36.5 Å². The quantitative estimate of drug-likeness (QED) is 0.688. The lowest BCUT2D eigenvalue weighted by molar-refractivity contribution is 0.174. The van der Waals surface area contributed by atoms with Gasteiger partial charge >= 0.3 is 0 Å². The highest BCUT2D eigenvalue weighted by Crippen LogP contribution is 2.37. The summed E-state index contributed by atoms with van der Waals surface area (Å²) in [7, 11) is 0. The van der Waals surface area contributed by atoms with Gasteiger partial charge in [0.15, 0.2) is 11.5 Å². The molecule has 0 fully saturated rings. The third kappa shape index (κ3) is 2.10. The average molecular weight is 283 g/mol. The van der Waals surface area contributed by atoms with Crippen molar-refractivity contribution in [2.75, 3.05) is 12.1 Å². The topological polar surface area (TPSA) is 79.4 Å². The summed E-state index contributed by atoms with van der Waals surface area (Å²) in [6.45, 7) is 0.685. The summed E-state index contributed by atoms with van der Waals surface area (Å²) in [4.78, 5) is 0. The largest absolute Gasteiger partial charge is 0.507 e. The molecular weight excluding hydrogens is 270 g/mol. The molecule has 106 valence electrons. The highest BCUT2D eigenvalue weighted by Gasteiger charge is 2.16. The fourth-order valence-corrected chi connectivity index (χ4v) is 2.36. The molecule has 0 aliphatic carbocycles. The lowest BCUT2D eigenvalue weighted by Gasteiger charge is -2.09.